The number of aliphatic carboxylic acids is 1. The van der Waals surface area contributed by atoms with Crippen molar-refractivity contribution in [1.29, 1.82) is 0 Å². The van der Waals surface area contributed by atoms with E-state index in [1.807, 2.05) is 30.3 Å². The van der Waals surface area contributed by atoms with Gasteiger partial charge in [0.2, 0.25) is 5.91 Å². The Hall–Kier alpha value is -2.96. The van der Waals surface area contributed by atoms with Gasteiger partial charge in [-0.05, 0) is 18.6 Å². The number of carbonyl (C=O) groups is 2. The minimum Gasteiger partial charge on any atom is -0.480 e. The topological polar surface area (TPSA) is 88.3 Å². The fourth-order valence-electron chi connectivity index (χ4n) is 2.01. The molecule has 23 heavy (non-hydrogen) atoms. The first-order valence-corrected chi connectivity index (χ1v) is 7.21. The molecule has 0 aliphatic heterocycles. The van der Waals surface area contributed by atoms with Crippen LogP contribution in [0.3, 0.4) is 0 Å². The fraction of sp³-hybridized carbons (Fsp3) is 0.250. The summed E-state index contributed by atoms with van der Waals surface area (Å²) in [7, 11) is 0. The van der Waals surface area contributed by atoms with Crippen LogP contribution in [0.5, 0.6) is 0 Å². The van der Waals surface area contributed by atoms with Gasteiger partial charge in [-0.2, -0.15) is 0 Å². The number of rotatable bonds is 7. The van der Waals surface area contributed by atoms with Gasteiger partial charge in [0.25, 0.3) is 0 Å². The van der Waals surface area contributed by atoms with Crippen molar-refractivity contribution < 1.29 is 14.7 Å². The van der Waals surface area contributed by atoms with Crippen molar-refractivity contribution >= 4 is 18.0 Å². The number of amides is 1. The number of aromatic nitrogens is 3. The van der Waals surface area contributed by atoms with E-state index in [0.29, 0.717) is 18.8 Å². The third kappa shape index (κ3) is 5.06. The molecule has 2 rings (SSSR count). The van der Waals surface area contributed by atoms with Gasteiger partial charge in [-0.25, -0.2) is 4.68 Å². The zero-order valence-corrected chi connectivity index (χ0v) is 12.8. The summed E-state index contributed by atoms with van der Waals surface area (Å²) in [5, 5.41) is 16.7. The van der Waals surface area contributed by atoms with Gasteiger partial charge in [-0.3, -0.25) is 9.59 Å². The molecular formula is C16H18N4O3. The molecule has 1 N–H and O–H groups in total. The molecule has 0 aliphatic rings. The minimum absolute atomic E-state index is 0.319. The van der Waals surface area contributed by atoms with Crippen LogP contribution in [-0.2, 0) is 16.1 Å². The van der Waals surface area contributed by atoms with E-state index in [1.165, 1.54) is 17.1 Å². The van der Waals surface area contributed by atoms with Gasteiger partial charge in [0.1, 0.15) is 12.2 Å². The second-order valence-corrected chi connectivity index (χ2v) is 4.91. The molecule has 2 aromatic rings. The van der Waals surface area contributed by atoms with Gasteiger partial charge in [0, 0.05) is 12.6 Å². The Labute approximate surface area is 133 Å². The van der Waals surface area contributed by atoms with Crippen molar-refractivity contribution in [3.8, 4) is 0 Å². The lowest BCUT2D eigenvalue weighted by Gasteiger charge is -2.15. The van der Waals surface area contributed by atoms with Crippen LogP contribution in [0.1, 0.15) is 18.2 Å². The summed E-state index contributed by atoms with van der Waals surface area (Å²) in [6, 6.07) is 9.83. The van der Waals surface area contributed by atoms with Crippen molar-refractivity contribution in [3.05, 3.63) is 53.9 Å². The second-order valence-electron chi connectivity index (χ2n) is 4.91. The number of nitrogens with zero attached hydrogens (tertiary/aromatic N) is 4. The van der Waals surface area contributed by atoms with Crippen LogP contribution in [0, 0.1) is 0 Å². The molecule has 1 aromatic heterocycles. The summed E-state index contributed by atoms with van der Waals surface area (Å²) in [5.41, 5.74) is 1.64. The zero-order valence-electron chi connectivity index (χ0n) is 12.8. The minimum atomic E-state index is -1.04. The summed E-state index contributed by atoms with van der Waals surface area (Å²) in [4.78, 5) is 23.8. The van der Waals surface area contributed by atoms with Gasteiger partial charge in [-0.1, -0.05) is 35.5 Å². The average Bonchev–Trinajstić information content (AvgIpc) is 2.98. The van der Waals surface area contributed by atoms with Crippen molar-refractivity contribution in [2.45, 2.75) is 13.5 Å². The summed E-state index contributed by atoms with van der Waals surface area (Å²) >= 11 is 0. The first-order valence-electron chi connectivity index (χ1n) is 7.21. The molecule has 7 nitrogen and oxygen atoms in total. The molecule has 0 bridgehead atoms. The molecule has 1 amide bonds. The summed E-state index contributed by atoms with van der Waals surface area (Å²) in [5.74, 6) is -1.41. The predicted molar refractivity (Wildman–Crippen MR) is 84.5 cm³/mol. The maximum absolute atomic E-state index is 11.9. The van der Waals surface area contributed by atoms with Crippen molar-refractivity contribution in [2.24, 2.45) is 0 Å². The van der Waals surface area contributed by atoms with Gasteiger partial charge in [-0.15, -0.1) is 5.10 Å². The van der Waals surface area contributed by atoms with Crippen molar-refractivity contribution in [2.75, 3.05) is 13.1 Å². The molecule has 0 radical (unpaired) electrons. The third-order valence-electron chi connectivity index (χ3n) is 3.16. The van der Waals surface area contributed by atoms with E-state index in [1.54, 1.807) is 17.8 Å². The van der Waals surface area contributed by atoms with E-state index in [9.17, 15) is 9.59 Å². The van der Waals surface area contributed by atoms with Crippen LogP contribution >= 0.6 is 0 Å². The number of carbonyl (C=O) groups excluding carboxylic acids is 1. The van der Waals surface area contributed by atoms with Gasteiger partial charge >= 0.3 is 5.97 Å². The number of benzene rings is 1. The molecule has 0 fully saturated rings. The molecule has 0 spiro atoms. The Morgan fingerprint density at radius 1 is 1.30 bits per heavy atom. The maximum atomic E-state index is 11.9. The molecule has 0 saturated carbocycles. The molecule has 0 atom stereocenters. The van der Waals surface area contributed by atoms with Gasteiger partial charge < -0.3 is 10.0 Å². The fourth-order valence-corrected chi connectivity index (χ4v) is 2.01. The van der Waals surface area contributed by atoms with Crippen LogP contribution in [0.2, 0.25) is 0 Å². The number of hydrogen-bond acceptors (Lipinski definition) is 4. The number of carboxylic acids is 1. The normalized spacial score (nSPS) is 10.8. The lowest BCUT2D eigenvalue weighted by atomic mass is 10.2. The van der Waals surface area contributed by atoms with E-state index in [2.05, 4.69) is 10.3 Å². The number of hydrogen-bond donors (Lipinski definition) is 1. The van der Waals surface area contributed by atoms with Crippen LogP contribution in [0.25, 0.3) is 6.08 Å². The molecule has 0 saturated heterocycles. The quantitative estimate of drug-likeness (QED) is 0.778. The van der Waals surface area contributed by atoms with Crippen molar-refractivity contribution in [1.82, 2.24) is 19.9 Å². The van der Waals surface area contributed by atoms with Crippen LogP contribution in [0.15, 0.2) is 42.6 Å². The highest BCUT2D eigenvalue weighted by molar-refractivity contribution is 5.93. The molecular weight excluding hydrogens is 296 g/mol. The van der Waals surface area contributed by atoms with Crippen LogP contribution < -0.4 is 0 Å². The summed E-state index contributed by atoms with van der Waals surface area (Å²) in [6.07, 6.45) is 4.56. The highest BCUT2D eigenvalue weighted by Crippen LogP contribution is 2.03. The Bertz CT molecular complexity index is 694. The molecule has 1 heterocycles. The monoisotopic (exact) mass is 314 g/mol. The zero-order chi connectivity index (χ0) is 16.7. The number of carboxylic acid groups (broad SMARTS) is 1. The van der Waals surface area contributed by atoms with Gasteiger partial charge in [0.15, 0.2) is 0 Å². The average molecular weight is 314 g/mol. The van der Waals surface area contributed by atoms with E-state index in [4.69, 9.17) is 5.11 Å². The molecule has 0 aliphatic carbocycles. The summed E-state index contributed by atoms with van der Waals surface area (Å²) in [6.45, 7) is 2.33. The maximum Gasteiger partial charge on any atom is 0.323 e. The number of likely N-dealkylation sites (N-methyl/N-ethyl adjacent to an activating group) is 1. The lowest BCUT2D eigenvalue weighted by Crippen LogP contribution is -2.34. The Morgan fingerprint density at radius 3 is 2.70 bits per heavy atom. The van der Waals surface area contributed by atoms with Crippen LogP contribution in [-0.4, -0.2) is 50.0 Å². The highest BCUT2D eigenvalue weighted by atomic mass is 16.4. The van der Waals surface area contributed by atoms with E-state index >= 15 is 0 Å². The highest BCUT2D eigenvalue weighted by Gasteiger charge is 2.12. The van der Waals surface area contributed by atoms with Gasteiger partial charge in [0.05, 0.1) is 12.7 Å². The lowest BCUT2D eigenvalue weighted by molar-refractivity contribution is -0.142. The standard InChI is InChI=1S/C16H18N4O3/c1-2-19(12-16(22)23)15(21)9-8-14-11-20(18-17-14)10-13-6-4-3-5-7-13/h3-9,11H,2,10,12H2,1H3,(H,22,23). The second kappa shape index (κ2) is 7.88. The Kier molecular flexibility index (Phi) is 5.62. The SMILES string of the molecule is CCN(CC(=O)O)C(=O)C=Cc1cn(Cc2ccccc2)nn1. The molecule has 0 unspecified atom stereocenters. The van der Waals surface area contributed by atoms with Crippen molar-refractivity contribution in [3.63, 3.8) is 0 Å². The van der Waals surface area contributed by atoms with E-state index in [-0.39, 0.29) is 12.5 Å². The summed E-state index contributed by atoms with van der Waals surface area (Å²) < 4.78 is 1.67. The smallest absolute Gasteiger partial charge is 0.323 e. The first-order chi connectivity index (χ1) is 11.1. The van der Waals surface area contributed by atoms with E-state index in [0.717, 1.165) is 5.56 Å². The third-order valence-corrected chi connectivity index (χ3v) is 3.16. The Morgan fingerprint density at radius 2 is 2.04 bits per heavy atom. The first kappa shape index (κ1) is 16.4. The molecule has 7 heteroatoms. The van der Waals surface area contributed by atoms with Crippen LogP contribution in [0.4, 0.5) is 0 Å². The largest absolute Gasteiger partial charge is 0.480 e. The molecule has 1 aromatic carbocycles. The predicted octanol–water partition coefficient (Wildman–Crippen LogP) is 1.27. The molecule has 120 valence electrons. The Balaban J connectivity index is 1.98. The van der Waals surface area contributed by atoms with E-state index < -0.39 is 5.97 Å².